The molecule has 0 unspecified atom stereocenters. The summed E-state index contributed by atoms with van der Waals surface area (Å²) < 4.78 is 5.19. The van der Waals surface area contributed by atoms with Crippen LogP contribution >= 0.6 is 0 Å². The van der Waals surface area contributed by atoms with Crippen LogP contribution in [0.4, 0.5) is 11.4 Å². The molecule has 1 atom stereocenters. The highest BCUT2D eigenvalue weighted by atomic mass is 16.5. The molecule has 0 spiro atoms. The zero-order valence-electron chi connectivity index (χ0n) is 18.6. The minimum atomic E-state index is -0.619. The lowest BCUT2D eigenvalue weighted by Gasteiger charge is -2.23. The Bertz CT molecular complexity index is 1020. The molecule has 168 valence electrons. The SMILES string of the molecule is CCc1cccc(CC)c1N1C[C@@H](C(=O)OCC(=O)Nc2cccc(C(C)=O)c2)CC1=O. The highest BCUT2D eigenvalue weighted by Gasteiger charge is 2.37. The lowest BCUT2D eigenvalue weighted by Crippen LogP contribution is -2.29. The molecule has 0 bridgehead atoms. The van der Waals surface area contributed by atoms with Gasteiger partial charge in [-0.15, -0.1) is 0 Å². The number of carbonyl (C=O) groups is 4. The number of nitrogens with one attached hydrogen (secondary N) is 1. The van der Waals surface area contributed by atoms with Gasteiger partial charge in [0.1, 0.15) is 0 Å². The fourth-order valence-corrected chi connectivity index (χ4v) is 3.91. The fourth-order valence-electron chi connectivity index (χ4n) is 3.91. The molecular formula is C25H28N2O5. The van der Waals surface area contributed by atoms with Crippen molar-refractivity contribution in [2.45, 2.75) is 40.0 Å². The van der Waals surface area contributed by atoms with Crippen molar-refractivity contribution in [3.63, 3.8) is 0 Å². The number of anilines is 2. The maximum atomic E-state index is 12.7. The van der Waals surface area contributed by atoms with Crippen LogP contribution in [0.5, 0.6) is 0 Å². The molecule has 0 aliphatic carbocycles. The average Bonchev–Trinajstić information content (AvgIpc) is 3.18. The van der Waals surface area contributed by atoms with Crippen molar-refractivity contribution in [1.29, 1.82) is 0 Å². The molecule has 1 aliphatic heterocycles. The van der Waals surface area contributed by atoms with Crippen LogP contribution in [0.1, 0.15) is 48.7 Å². The number of para-hydroxylation sites is 1. The van der Waals surface area contributed by atoms with Gasteiger partial charge in [0.25, 0.3) is 5.91 Å². The van der Waals surface area contributed by atoms with E-state index >= 15 is 0 Å². The summed E-state index contributed by atoms with van der Waals surface area (Å²) >= 11 is 0. The third-order valence-corrected chi connectivity index (χ3v) is 5.59. The largest absolute Gasteiger partial charge is 0.455 e. The highest BCUT2D eigenvalue weighted by molar-refractivity contribution is 6.01. The summed E-state index contributed by atoms with van der Waals surface area (Å²) in [5.74, 6) is -1.93. The number of carbonyl (C=O) groups excluding carboxylic acids is 4. The van der Waals surface area contributed by atoms with Gasteiger partial charge >= 0.3 is 5.97 Å². The van der Waals surface area contributed by atoms with Crippen molar-refractivity contribution < 1.29 is 23.9 Å². The predicted molar refractivity (Wildman–Crippen MR) is 122 cm³/mol. The number of hydrogen-bond acceptors (Lipinski definition) is 5. The third-order valence-electron chi connectivity index (χ3n) is 5.59. The molecule has 1 heterocycles. The van der Waals surface area contributed by atoms with Crippen molar-refractivity contribution in [3.05, 3.63) is 59.2 Å². The second-order valence-electron chi connectivity index (χ2n) is 7.83. The van der Waals surface area contributed by atoms with Crippen molar-refractivity contribution >= 4 is 34.9 Å². The smallest absolute Gasteiger partial charge is 0.311 e. The summed E-state index contributed by atoms with van der Waals surface area (Å²) in [7, 11) is 0. The Hall–Kier alpha value is -3.48. The van der Waals surface area contributed by atoms with Gasteiger partial charge in [-0.05, 0) is 43.0 Å². The molecule has 0 aromatic heterocycles. The topological polar surface area (TPSA) is 92.8 Å². The molecule has 32 heavy (non-hydrogen) atoms. The lowest BCUT2D eigenvalue weighted by molar-refractivity contribution is -0.151. The second kappa shape index (κ2) is 10.2. The van der Waals surface area contributed by atoms with E-state index in [1.807, 2.05) is 32.0 Å². The summed E-state index contributed by atoms with van der Waals surface area (Å²) in [5.41, 5.74) is 3.95. The normalized spacial score (nSPS) is 15.5. The zero-order valence-corrected chi connectivity index (χ0v) is 18.6. The van der Waals surface area contributed by atoms with Gasteiger partial charge < -0.3 is 15.0 Å². The fraction of sp³-hybridized carbons (Fsp3) is 0.360. The summed E-state index contributed by atoms with van der Waals surface area (Å²) in [6.07, 6.45) is 1.63. The first-order valence-electron chi connectivity index (χ1n) is 10.8. The minimum absolute atomic E-state index is 0.0578. The maximum absolute atomic E-state index is 12.7. The molecule has 1 fully saturated rings. The summed E-state index contributed by atoms with van der Waals surface area (Å²) in [5, 5.41) is 2.61. The van der Waals surface area contributed by atoms with Crippen LogP contribution in [0.3, 0.4) is 0 Å². The van der Waals surface area contributed by atoms with Gasteiger partial charge in [0.05, 0.1) is 5.92 Å². The number of ether oxygens (including phenoxy) is 1. The minimum Gasteiger partial charge on any atom is -0.455 e. The number of nitrogens with zero attached hydrogens (tertiary/aromatic N) is 1. The first kappa shape index (κ1) is 23.2. The molecule has 1 N–H and O–H groups in total. The molecule has 7 nitrogen and oxygen atoms in total. The van der Waals surface area contributed by atoms with E-state index in [1.165, 1.54) is 6.92 Å². The van der Waals surface area contributed by atoms with Crippen LogP contribution in [0.15, 0.2) is 42.5 Å². The first-order valence-corrected chi connectivity index (χ1v) is 10.8. The van der Waals surface area contributed by atoms with Crippen LogP contribution in [0, 0.1) is 5.92 Å². The number of rotatable bonds is 8. The monoisotopic (exact) mass is 436 g/mol. The number of aryl methyl sites for hydroxylation is 2. The van der Waals surface area contributed by atoms with E-state index in [1.54, 1.807) is 29.2 Å². The molecule has 2 aromatic carbocycles. The van der Waals surface area contributed by atoms with E-state index in [9.17, 15) is 19.2 Å². The number of hydrogen-bond donors (Lipinski definition) is 1. The number of benzene rings is 2. The number of ketones is 1. The quantitative estimate of drug-likeness (QED) is 0.505. The summed E-state index contributed by atoms with van der Waals surface area (Å²) in [6.45, 7) is 5.30. The van der Waals surface area contributed by atoms with E-state index in [-0.39, 0.29) is 24.7 Å². The molecular weight excluding hydrogens is 408 g/mol. The Morgan fingerprint density at radius 2 is 1.72 bits per heavy atom. The molecule has 3 rings (SSSR count). The van der Waals surface area contributed by atoms with Gasteiger partial charge in [0.2, 0.25) is 5.91 Å². The van der Waals surface area contributed by atoms with Crippen LogP contribution in [-0.2, 0) is 32.0 Å². The Balaban J connectivity index is 1.60. The van der Waals surface area contributed by atoms with E-state index in [0.717, 1.165) is 29.7 Å². The summed E-state index contributed by atoms with van der Waals surface area (Å²) in [6, 6.07) is 12.5. The van der Waals surface area contributed by atoms with Crippen molar-refractivity contribution in [1.82, 2.24) is 0 Å². The highest BCUT2D eigenvalue weighted by Crippen LogP contribution is 2.32. The van der Waals surface area contributed by atoms with Gasteiger partial charge in [-0.3, -0.25) is 19.2 Å². The Kier molecular flexibility index (Phi) is 7.41. The number of amides is 2. The van der Waals surface area contributed by atoms with Crippen molar-refractivity contribution in [2.24, 2.45) is 5.92 Å². The van der Waals surface area contributed by atoms with E-state index in [2.05, 4.69) is 5.32 Å². The average molecular weight is 437 g/mol. The molecule has 1 aliphatic rings. The molecule has 1 saturated heterocycles. The molecule has 0 saturated carbocycles. The van der Waals surface area contributed by atoms with Crippen LogP contribution in [-0.4, -0.2) is 36.7 Å². The lowest BCUT2D eigenvalue weighted by atomic mass is 10.0. The second-order valence-corrected chi connectivity index (χ2v) is 7.83. The van der Waals surface area contributed by atoms with Crippen LogP contribution in [0.2, 0.25) is 0 Å². The van der Waals surface area contributed by atoms with Gasteiger partial charge in [-0.25, -0.2) is 0 Å². The van der Waals surface area contributed by atoms with Crippen molar-refractivity contribution in [2.75, 3.05) is 23.4 Å². The zero-order chi connectivity index (χ0) is 23.3. The molecule has 2 aromatic rings. The molecule has 0 radical (unpaired) electrons. The molecule has 2 amide bonds. The summed E-state index contributed by atoms with van der Waals surface area (Å²) in [4.78, 5) is 50.6. The van der Waals surface area contributed by atoms with E-state index in [0.29, 0.717) is 11.3 Å². The number of esters is 1. The van der Waals surface area contributed by atoms with Crippen molar-refractivity contribution in [3.8, 4) is 0 Å². The number of Topliss-reactive ketones (excluding diaryl/α,β-unsaturated/α-hetero) is 1. The first-order chi connectivity index (χ1) is 15.3. The Morgan fingerprint density at radius 3 is 2.34 bits per heavy atom. The Labute approximate surface area is 187 Å². The Morgan fingerprint density at radius 1 is 1.06 bits per heavy atom. The third kappa shape index (κ3) is 5.22. The van der Waals surface area contributed by atoms with E-state index < -0.39 is 24.4 Å². The van der Waals surface area contributed by atoms with Gasteiger partial charge in [0.15, 0.2) is 12.4 Å². The van der Waals surface area contributed by atoms with Gasteiger partial charge in [-0.2, -0.15) is 0 Å². The standard InChI is InChI=1S/C25H28N2O5/c1-4-17-8-6-9-18(5-2)24(17)27-14-20(13-23(27)30)25(31)32-15-22(29)26-21-11-7-10-19(12-21)16(3)28/h6-12,20H,4-5,13-15H2,1-3H3,(H,26,29)/t20-/m0/s1. The maximum Gasteiger partial charge on any atom is 0.311 e. The van der Waals surface area contributed by atoms with Crippen LogP contribution < -0.4 is 10.2 Å². The predicted octanol–water partition coefficient (Wildman–Crippen LogP) is 3.55. The van der Waals surface area contributed by atoms with Crippen LogP contribution in [0.25, 0.3) is 0 Å². The van der Waals surface area contributed by atoms with Gasteiger partial charge in [0, 0.05) is 29.9 Å². The molecule has 7 heteroatoms. The van der Waals surface area contributed by atoms with E-state index in [4.69, 9.17) is 4.74 Å². The van der Waals surface area contributed by atoms with Gasteiger partial charge in [-0.1, -0.05) is 44.2 Å².